The van der Waals surface area contributed by atoms with Gasteiger partial charge in [0.25, 0.3) is 5.91 Å². The Labute approximate surface area is 187 Å². The standard InChI is InChI=1S/C24H29N3O3S/c1-24(2,3)17-9-7-16(8-10-17)22(28)27(12-6-11-26(4)5)23-25-18-13-19-20(30-15-29-19)14-21(18)31-23/h7-10,13-14H,6,11-12,15H2,1-5H3. The van der Waals surface area contributed by atoms with E-state index in [0.717, 1.165) is 28.9 Å². The number of carbonyl (C=O) groups excluding carboxylic acids is 1. The van der Waals surface area contributed by atoms with Crippen molar-refractivity contribution in [2.45, 2.75) is 32.6 Å². The van der Waals surface area contributed by atoms with Gasteiger partial charge in [0.1, 0.15) is 0 Å². The molecule has 0 spiro atoms. The Balaban J connectivity index is 1.65. The molecule has 1 aliphatic heterocycles. The van der Waals surface area contributed by atoms with Gasteiger partial charge in [-0.05, 0) is 50.2 Å². The highest BCUT2D eigenvalue weighted by atomic mass is 32.1. The fourth-order valence-corrected chi connectivity index (χ4v) is 4.52. The van der Waals surface area contributed by atoms with Gasteiger partial charge in [-0.2, -0.15) is 0 Å². The Morgan fingerprint density at radius 2 is 1.74 bits per heavy atom. The normalized spacial score (nSPS) is 13.2. The van der Waals surface area contributed by atoms with Crippen LogP contribution in [0.4, 0.5) is 5.13 Å². The van der Waals surface area contributed by atoms with Crippen molar-refractivity contribution in [2.75, 3.05) is 38.9 Å². The van der Waals surface area contributed by atoms with Crippen LogP contribution in [0.15, 0.2) is 36.4 Å². The largest absolute Gasteiger partial charge is 0.454 e. The molecule has 0 fully saturated rings. The average Bonchev–Trinajstić information content (AvgIpc) is 3.33. The second kappa shape index (κ2) is 8.48. The number of benzene rings is 2. The highest BCUT2D eigenvalue weighted by Gasteiger charge is 2.24. The van der Waals surface area contributed by atoms with Crippen molar-refractivity contribution in [1.29, 1.82) is 0 Å². The van der Waals surface area contributed by atoms with Crippen LogP contribution in [0.3, 0.4) is 0 Å². The third-order valence-corrected chi connectivity index (χ3v) is 6.37. The van der Waals surface area contributed by atoms with Gasteiger partial charge in [-0.25, -0.2) is 4.98 Å². The minimum atomic E-state index is -0.0293. The number of hydrogen-bond donors (Lipinski definition) is 0. The smallest absolute Gasteiger partial charge is 0.260 e. The van der Waals surface area contributed by atoms with Crippen molar-refractivity contribution in [1.82, 2.24) is 9.88 Å². The molecule has 6 nitrogen and oxygen atoms in total. The highest BCUT2D eigenvalue weighted by molar-refractivity contribution is 7.22. The van der Waals surface area contributed by atoms with Gasteiger partial charge < -0.3 is 14.4 Å². The summed E-state index contributed by atoms with van der Waals surface area (Å²) in [6, 6.07) is 11.8. The molecule has 164 valence electrons. The van der Waals surface area contributed by atoms with Gasteiger partial charge in [0.15, 0.2) is 16.6 Å². The average molecular weight is 440 g/mol. The summed E-state index contributed by atoms with van der Waals surface area (Å²) in [5, 5.41) is 0.697. The molecule has 0 saturated carbocycles. The topological polar surface area (TPSA) is 54.9 Å². The van der Waals surface area contributed by atoms with E-state index < -0.39 is 0 Å². The number of hydrogen-bond acceptors (Lipinski definition) is 6. The molecule has 1 aromatic heterocycles. The van der Waals surface area contributed by atoms with E-state index in [1.165, 1.54) is 16.9 Å². The van der Waals surface area contributed by atoms with E-state index in [9.17, 15) is 4.79 Å². The number of carbonyl (C=O) groups is 1. The van der Waals surface area contributed by atoms with Gasteiger partial charge in [-0.1, -0.05) is 44.2 Å². The Kier molecular flexibility index (Phi) is 5.90. The zero-order valence-electron chi connectivity index (χ0n) is 18.8. The monoisotopic (exact) mass is 439 g/mol. The van der Waals surface area contributed by atoms with Gasteiger partial charge in [-0.3, -0.25) is 9.69 Å². The summed E-state index contributed by atoms with van der Waals surface area (Å²) < 4.78 is 12.0. The van der Waals surface area contributed by atoms with Crippen LogP contribution in [0.25, 0.3) is 10.2 Å². The zero-order valence-corrected chi connectivity index (χ0v) is 19.6. The molecular formula is C24H29N3O3S. The quantitative estimate of drug-likeness (QED) is 0.546. The van der Waals surface area contributed by atoms with Gasteiger partial charge >= 0.3 is 0 Å². The summed E-state index contributed by atoms with van der Waals surface area (Å²) in [6.07, 6.45) is 0.859. The molecule has 0 unspecified atom stereocenters. The van der Waals surface area contributed by atoms with Gasteiger partial charge in [-0.15, -0.1) is 0 Å². The maximum Gasteiger partial charge on any atom is 0.260 e. The summed E-state index contributed by atoms with van der Waals surface area (Å²) in [4.78, 5) is 22.2. The molecule has 31 heavy (non-hydrogen) atoms. The Hall–Kier alpha value is -2.64. The maximum atomic E-state index is 13.5. The predicted molar refractivity (Wildman–Crippen MR) is 126 cm³/mol. The van der Waals surface area contributed by atoms with E-state index in [1.54, 1.807) is 4.90 Å². The number of nitrogens with zero attached hydrogens (tertiary/aromatic N) is 3. The van der Waals surface area contributed by atoms with Crippen molar-refractivity contribution in [3.05, 3.63) is 47.5 Å². The molecule has 1 amide bonds. The van der Waals surface area contributed by atoms with Gasteiger partial charge in [0, 0.05) is 24.2 Å². The van der Waals surface area contributed by atoms with E-state index in [1.807, 2.05) is 50.5 Å². The molecule has 0 atom stereocenters. The van der Waals surface area contributed by atoms with Crippen LogP contribution in [-0.4, -0.2) is 49.8 Å². The fraction of sp³-hybridized carbons (Fsp3) is 0.417. The first-order valence-corrected chi connectivity index (χ1v) is 11.3. The Bertz CT molecular complexity index is 1040. The minimum absolute atomic E-state index is 0.0293. The first-order valence-electron chi connectivity index (χ1n) is 10.5. The summed E-state index contributed by atoms with van der Waals surface area (Å²) in [6.45, 7) is 8.24. The number of rotatable bonds is 6. The second-order valence-corrected chi connectivity index (χ2v) is 10.1. The van der Waals surface area contributed by atoms with E-state index in [4.69, 9.17) is 14.5 Å². The lowest BCUT2D eigenvalue weighted by atomic mass is 9.86. The molecule has 0 radical (unpaired) electrons. The zero-order chi connectivity index (χ0) is 22.2. The molecule has 3 aromatic rings. The Morgan fingerprint density at radius 3 is 2.39 bits per heavy atom. The first kappa shape index (κ1) is 21.6. The van der Waals surface area contributed by atoms with Crippen molar-refractivity contribution in [3.8, 4) is 11.5 Å². The molecule has 0 aliphatic carbocycles. The predicted octanol–water partition coefficient (Wildman–Crippen LogP) is 4.92. The van der Waals surface area contributed by atoms with Crippen molar-refractivity contribution < 1.29 is 14.3 Å². The van der Waals surface area contributed by atoms with E-state index in [2.05, 4.69) is 25.7 Å². The first-order chi connectivity index (χ1) is 14.7. The highest BCUT2D eigenvalue weighted by Crippen LogP contribution is 2.40. The molecule has 2 heterocycles. The maximum absolute atomic E-state index is 13.5. The van der Waals surface area contributed by atoms with Crippen LogP contribution in [0.1, 0.15) is 43.1 Å². The SMILES string of the molecule is CN(C)CCCN(C(=O)c1ccc(C(C)(C)C)cc1)c1nc2cc3c(cc2s1)OCO3. The Morgan fingerprint density at radius 1 is 1.06 bits per heavy atom. The molecular weight excluding hydrogens is 410 g/mol. The summed E-state index contributed by atoms with van der Waals surface area (Å²) in [5.74, 6) is 1.40. The second-order valence-electron chi connectivity index (χ2n) is 9.11. The lowest BCUT2D eigenvalue weighted by Crippen LogP contribution is -2.33. The number of fused-ring (bicyclic) bond motifs is 2. The summed E-state index contributed by atoms with van der Waals surface area (Å²) >= 11 is 1.51. The number of thiazole rings is 1. The van der Waals surface area contributed by atoms with Crippen LogP contribution in [0.2, 0.25) is 0 Å². The number of aromatic nitrogens is 1. The van der Waals surface area contributed by atoms with E-state index in [-0.39, 0.29) is 18.1 Å². The molecule has 1 aliphatic rings. The third-order valence-electron chi connectivity index (χ3n) is 5.33. The van der Waals surface area contributed by atoms with E-state index in [0.29, 0.717) is 23.0 Å². The molecule has 0 N–H and O–H groups in total. The van der Waals surface area contributed by atoms with Crippen LogP contribution >= 0.6 is 11.3 Å². The van der Waals surface area contributed by atoms with E-state index >= 15 is 0 Å². The van der Waals surface area contributed by atoms with Gasteiger partial charge in [0.2, 0.25) is 6.79 Å². The number of ether oxygens (including phenoxy) is 2. The number of anilines is 1. The third kappa shape index (κ3) is 4.67. The number of amides is 1. The molecule has 0 saturated heterocycles. The summed E-state index contributed by atoms with van der Waals surface area (Å²) in [7, 11) is 4.08. The van der Waals surface area contributed by atoms with Crippen molar-refractivity contribution in [3.63, 3.8) is 0 Å². The van der Waals surface area contributed by atoms with Crippen LogP contribution < -0.4 is 14.4 Å². The minimum Gasteiger partial charge on any atom is -0.454 e. The van der Waals surface area contributed by atoms with Crippen LogP contribution in [0.5, 0.6) is 11.5 Å². The lowest BCUT2D eigenvalue weighted by Gasteiger charge is -2.22. The molecule has 0 bridgehead atoms. The van der Waals surface area contributed by atoms with Crippen LogP contribution in [0, 0.1) is 0 Å². The lowest BCUT2D eigenvalue weighted by molar-refractivity contribution is 0.0986. The molecule has 4 rings (SSSR count). The van der Waals surface area contributed by atoms with Crippen LogP contribution in [-0.2, 0) is 5.41 Å². The molecule has 7 heteroatoms. The fourth-order valence-electron chi connectivity index (χ4n) is 3.52. The van der Waals surface area contributed by atoms with Crippen molar-refractivity contribution in [2.24, 2.45) is 0 Å². The summed E-state index contributed by atoms with van der Waals surface area (Å²) in [5.41, 5.74) is 2.74. The van der Waals surface area contributed by atoms with Gasteiger partial charge in [0.05, 0.1) is 10.2 Å². The molecule has 2 aromatic carbocycles. The van der Waals surface area contributed by atoms with Crippen molar-refractivity contribution >= 4 is 32.6 Å².